The smallest absolute Gasteiger partial charge is 0.266 e. The number of carbonyl (C=O) groups is 2. The van der Waals surface area contributed by atoms with E-state index in [1.165, 1.54) is 4.90 Å². The lowest BCUT2D eigenvalue weighted by Gasteiger charge is -2.29. The van der Waals surface area contributed by atoms with Gasteiger partial charge in [-0.1, -0.05) is 60.1 Å². The molecule has 0 aromatic heterocycles. The Morgan fingerprint density at radius 2 is 1.53 bits per heavy atom. The number of imide groups is 1. The van der Waals surface area contributed by atoms with Crippen LogP contribution in [0.2, 0.25) is 5.02 Å². The average Bonchev–Trinajstić information content (AvgIpc) is 3.25. The Kier molecular flexibility index (Phi) is 4.57. The number of hydrogen-bond acceptors (Lipinski definition) is 4. The number of para-hydroxylation sites is 1. The molecule has 5 nitrogen and oxygen atoms in total. The third-order valence-electron chi connectivity index (χ3n) is 5.61. The Morgan fingerprint density at radius 1 is 0.833 bits per heavy atom. The summed E-state index contributed by atoms with van der Waals surface area (Å²) in [6.07, 6.45) is -0.903. The maximum absolute atomic E-state index is 13.5. The van der Waals surface area contributed by atoms with E-state index in [9.17, 15) is 9.59 Å². The van der Waals surface area contributed by atoms with Gasteiger partial charge in [-0.05, 0) is 48.4 Å². The fourth-order valence-corrected chi connectivity index (χ4v) is 4.51. The highest BCUT2D eigenvalue weighted by Gasteiger charge is 2.60. The molecule has 3 atom stereocenters. The summed E-state index contributed by atoms with van der Waals surface area (Å²) in [5.41, 5.74) is 3.05. The van der Waals surface area contributed by atoms with E-state index in [1.54, 1.807) is 17.2 Å². The summed E-state index contributed by atoms with van der Waals surface area (Å²) >= 11 is 6.51. The Balaban J connectivity index is 1.61. The molecule has 2 aliphatic rings. The van der Waals surface area contributed by atoms with Crippen LogP contribution < -0.4 is 9.96 Å². The lowest BCUT2D eigenvalue weighted by molar-refractivity contribution is -0.126. The first-order valence-electron chi connectivity index (χ1n) is 9.76. The number of nitrogens with zero attached hydrogens (tertiary/aromatic N) is 2. The van der Waals surface area contributed by atoms with E-state index >= 15 is 0 Å². The molecule has 0 spiro atoms. The quantitative estimate of drug-likeness (QED) is 0.578. The summed E-state index contributed by atoms with van der Waals surface area (Å²) in [7, 11) is 0. The van der Waals surface area contributed by atoms with E-state index in [0.717, 1.165) is 16.8 Å². The van der Waals surface area contributed by atoms with Gasteiger partial charge in [-0.25, -0.2) is 9.96 Å². The fourth-order valence-electron chi connectivity index (χ4n) is 4.27. The van der Waals surface area contributed by atoms with E-state index in [0.29, 0.717) is 10.7 Å². The first kappa shape index (κ1) is 18.9. The van der Waals surface area contributed by atoms with Crippen molar-refractivity contribution >= 4 is 34.8 Å². The number of carbonyl (C=O) groups excluding carboxylic acids is 2. The van der Waals surface area contributed by atoms with Crippen LogP contribution in [0.4, 0.5) is 11.4 Å². The van der Waals surface area contributed by atoms with Gasteiger partial charge in [-0.2, -0.15) is 0 Å². The number of rotatable bonds is 3. The molecule has 5 rings (SSSR count). The number of aryl methyl sites for hydroxylation is 1. The molecule has 2 saturated heterocycles. The van der Waals surface area contributed by atoms with Gasteiger partial charge < -0.3 is 0 Å². The normalized spacial score (nSPS) is 23.2. The Hall–Kier alpha value is -3.15. The van der Waals surface area contributed by atoms with Crippen molar-refractivity contribution in [2.45, 2.75) is 19.1 Å². The molecule has 150 valence electrons. The number of fused-ring (bicyclic) bond motifs is 1. The Bertz CT molecular complexity index is 1130. The highest BCUT2D eigenvalue weighted by Crippen LogP contribution is 2.48. The molecule has 2 amide bonds. The summed E-state index contributed by atoms with van der Waals surface area (Å²) in [5.74, 6) is -1.33. The molecule has 2 heterocycles. The van der Waals surface area contributed by atoms with Crippen LogP contribution >= 0.6 is 11.6 Å². The molecule has 3 aromatic rings. The van der Waals surface area contributed by atoms with E-state index < -0.39 is 18.1 Å². The van der Waals surface area contributed by atoms with Crippen molar-refractivity contribution in [2.24, 2.45) is 5.92 Å². The van der Waals surface area contributed by atoms with Gasteiger partial charge in [0.2, 0.25) is 5.91 Å². The minimum atomic E-state index is -0.903. The van der Waals surface area contributed by atoms with Crippen LogP contribution in [0.25, 0.3) is 0 Å². The van der Waals surface area contributed by atoms with E-state index in [2.05, 4.69) is 0 Å². The fraction of sp³-hybridized carbons (Fsp3) is 0.167. The van der Waals surface area contributed by atoms with Gasteiger partial charge in [0.25, 0.3) is 5.91 Å². The number of hydrogen-bond donors (Lipinski definition) is 0. The molecular formula is C24H19ClN2O3. The molecule has 0 saturated carbocycles. The van der Waals surface area contributed by atoms with Gasteiger partial charge in [0.15, 0.2) is 6.10 Å². The van der Waals surface area contributed by atoms with Crippen LogP contribution in [0.1, 0.15) is 17.2 Å². The minimum absolute atomic E-state index is 0.279. The number of halogens is 1. The molecule has 30 heavy (non-hydrogen) atoms. The van der Waals surface area contributed by atoms with Crippen molar-refractivity contribution in [1.82, 2.24) is 0 Å². The molecule has 0 radical (unpaired) electrons. The predicted molar refractivity (Wildman–Crippen MR) is 115 cm³/mol. The van der Waals surface area contributed by atoms with Gasteiger partial charge in [-0.3, -0.25) is 14.4 Å². The molecule has 2 fully saturated rings. The third-order valence-corrected chi connectivity index (χ3v) is 5.95. The topological polar surface area (TPSA) is 49.9 Å². The maximum atomic E-state index is 13.5. The molecule has 0 unspecified atom stereocenters. The first-order valence-corrected chi connectivity index (χ1v) is 10.1. The second-order valence-corrected chi connectivity index (χ2v) is 7.94. The van der Waals surface area contributed by atoms with Crippen molar-refractivity contribution in [2.75, 3.05) is 9.96 Å². The van der Waals surface area contributed by atoms with Crippen LogP contribution in [0, 0.1) is 12.8 Å². The molecule has 6 heteroatoms. The molecule has 0 bridgehead atoms. The molecule has 0 N–H and O–H groups in total. The lowest BCUT2D eigenvalue weighted by Crippen LogP contribution is -2.37. The molecule has 2 aliphatic heterocycles. The summed E-state index contributed by atoms with van der Waals surface area (Å²) < 4.78 is 0. The zero-order valence-corrected chi connectivity index (χ0v) is 17.0. The Morgan fingerprint density at radius 3 is 2.27 bits per heavy atom. The SMILES string of the molecule is Cc1cccc(N2C(=O)[C@H]3[C@@H](ON(c4ccccc4)[C@H]3c3ccccc3Cl)C2=O)c1. The maximum Gasteiger partial charge on any atom is 0.266 e. The third kappa shape index (κ3) is 2.90. The standard InChI is InChI=1S/C24H19ClN2O3/c1-15-8-7-11-17(14-15)26-23(28)20-21(18-12-5-6-13-19(18)25)27(30-22(20)24(26)29)16-9-3-2-4-10-16/h2-14,20-22H,1H3/t20-,21+,22-/m1/s1. The van der Waals surface area contributed by atoms with Crippen molar-refractivity contribution in [3.05, 3.63) is 95.0 Å². The number of hydroxylamine groups is 1. The van der Waals surface area contributed by atoms with Crippen molar-refractivity contribution in [3.8, 4) is 0 Å². The van der Waals surface area contributed by atoms with Gasteiger partial charge >= 0.3 is 0 Å². The van der Waals surface area contributed by atoms with Gasteiger partial charge in [0.1, 0.15) is 5.92 Å². The largest absolute Gasteiger partial charge is 0.273 e. The summed E-state index contributed by atoms with van der Waals surface area (Å²) in [4.78, 5) is 34.2. The van der Waals surface area contributed by atoms with Crippen LogP contribution in [-0.4, -0.2) is 17.9 Å². The van der Waals surface area contributed by atoms with Crippen molar-refractivity contribution in [3.63, 3.8) is 0 Å². The second-order valence-electron chi connectivity index (χ2n) is 7.53. The molecule has 0 aliphatic carbocycles. The van der Waals surface area contributed by atoms with E-state index in [4.69, 9.17) is 16.4 Å². The zero-order chi connectivity index (χ0) is 20.8. The van der Waals surface area contributed by atoms with Crippen LogP contribution in [0.5, 0.6) is 0 Å². The molecule has 3 aromatic carbocycles. The molecular weight excluding hydrogens is 400 g/mol. The van der Waals surface area contributed by atoms with Gasteiger partial charge in [-0.15, -0.1) is 0 Å². The summed E-state index contributed by atoms with van der Waals surface area (Å²) in [6.45, 7) is 1.93. The first-order chi connectivity index (χ1) is 14.6. The summed E-state index contributed by atoms with van der Waals surface area (Å²) in [5, 5.41) is 2.18. The van der Waals surface area contributed by atoms with E-state index in [-0.39, 0.29) is 11.8 Å². The zero-order valence-electron chi connectivity index (χ0n) is 16.2. The lowest BCUT2D eigenvalue weighted by atomic mass is 9.90. The van der Waals surface area contributed by atoms with Crippen LogP contribution in [0.3, 0.4) is 0 Å². The van der Waals surface area contributed by atoms with Crippen molar-refractivity contribution < 1.29 is 14.4 Å². The monoisotopic (exact) mass is 418 g/mol. The van der Waals surface area contributed by atoms with Gasteiger partial charge in [0.05, 0.1) is 17.4 Å². The van der Waals surface area contributed by atoms with E-state index in [1.807, 2.05) is 73.7 Å². The minimum Gasteiger partial charge on any atom is -0.273 e. The number of anilines is 2. The summed E-state index contributed by atoms with van der Waals surface area (Å²) in [6, 6.07) is 23.7. The highest BCUT2D eigenvalue weighted by atomic mass is 35.5. The van der Waals surface area contributed by atoms with Crippen molar-refractivity contribution in [1.29, 1.82) is 0 Å². The average molecular weight is 419 g/mol. The predicted octanol–water partition coefficient (Wildman–Crippen LogP) is 4.70. The van der Waals surface area contributed by atoms with Gasteiger partial charge in [0, 0.05) is 5.02 Å². The number of benzene rings is 3. The number of amides is 2. The highest BCUT2D eigenvalue weighted by molar-refractivity contribution is 6.31. The van der Waals surface area contributed by atoms with Crippen LogP contribution in [-0.2, 0) is 14.4 Å². The van der Waals surface area contributed by atoms with Crippen LogP contribution in [0.15, 0.2) is 78.9 Å². The second kappa shape index (κ2) is 7.27. The Labute approximate surface area is 179 Å².